The number of anilines is 2. The molecule has 3 aromatic rings. The molecule has 0 saturated heterocycles. The number of hydrogen-bond donors (Lipinski definition) is 1. The molecule has 11 heteroatoms. The van der Waals surface area contributed by atoms with Crippen LogP contribution in [0.15, 0.2) is 71.3 Å². The lowest BCUT2D eigenvalue weighted by molar-refractivity contribution is -0.158. The van der Waals surface area contributed by atoms with Crippen LogP contribution in [0.2, 0.25) is 0 Å². The predicted molar refractivity (Wildman–Crippen MR) is 117 cm³/mol. The van der Waals surface area contributed by atoms with Gasteiger partial charge in [0.15, 0.2) is 6.61 Å². The van der Waals surface area contributed by atoms with E-state index >= 15 is 0 Å². The van der Waals surface area contributed by atoms with Gasteiger partial charge in [0, 0.05) is 5.56 Å². The number of esters is 1. The van der Waals surface area contributed by atoms with Gasteiger partial charge in [-0.2, -0.15) is 13.2 Å². The molecule has 1 unspecified atom stereocenters. The summed E-state index contributed by atoms with van der Waals surface area (Å²) in [5.74, 6) is -2.79. The standard InChI is InChI=1S/C24H19F3N2O6/c25-24(26,27)19-12-20(30)28-17-8-4-5-9-18(17)29(19)21(31)14-35-23(32)22-15(10-11-33-22)13-34-16-6-2-1-3-7-16/h1-11,19H,12-14H2,(H,28,30). The normalized spacial score (nSPS) is 15.6. The molecule has 2 aromatic carbocycles. The molecule has 8 nitrogen and oxygen atoms in total. The van der Waals surface area contributed by atoms with Crippen molar-refractivity contribution in [2.75, 3.05) is 16.8 Å². The van der Waals surface area contributed by atoms with Crippen LogP contribution in [-0.4, -0.2) is 36.6 Å². The SMILES string of the molecule is O=C1CC(C(F)(F)F)N(C(=O)COC(=O)c2occc2COc2ccccc2)c2ccccc2N1. The Bertz CT molecular complexity index is 1230. The number of carbonyl (C=O) groups is 3. The third kappa shape index (κ3) is 5.45. The molecule has 0 fully saturated rings. The molecule has 0 aliphatic carbocycles. The smallest absolute Gasteiger partial charge is 0.409 e. The van der Waals surface area contributed by atoms with Crippen LogP contribution in [0.25, 0.3) is 0 Å². The van der Waals surface area contributed by atoms with Crippen molar-refractivity contribution in [1.82, 2.24) is 0 Å². The van der Waals surface area contributed by atoms with Gasteiger partial charge in [-0.05, 0) is 30.3 Å². The van der Waals surface area contributed by atoms with Gasteiger partial charge in [0.2, 0.25) is 11.7 Å². The molecule has 1 atom stereocenters. The fourth-order valence-electron chi connectivity index (χ4n) is 3.56. The molecule has 0 radical (unpaired) electrons. The van der Waals surface area contributed by atoms with Gasteiger partial charge in [-0.3, -0.25) is 14.5 Å². The lowest BCUT2D eigenvalue weighted by atomic mass is 10.1. The molecule has 2 amide bonds. The fraction of sp³-hybridized carbons (Fsp3) is 0.208. The molecule has 0 spiro atoms. The highest BCUT2D eigenvalue weighted by atomic mass is 19.4. The fourth-order valence-corrected chi connectivity index (χ4v) is 3.56. The molecular weight excluding hydrogens is 469 g/mol. The molecule has 35 heavy (non-hydrogen) atoms. The summed E-state index contributed by atoms with van der Waals surface area (Å²) in [7, 11) is 0. The number of amides is 2. The number of rotatable bonds is 6. The second-order valence-corrected chi connectivity index (χ2v) is 7.54. The van der Waals surface area contributed by atoms with Crippen molar-refractivity contribution >= 4 is 29.2 Å². The Morgan fingerprint density at radius 2 is 1.77 bits per heavy atom. The number of nitrogens with one attached hydrogen (secondary N) is 1. The number of nitrogens with zero attached hydrogens (tertiary/aromatic N) is 1. The van der Waals surface area contributed by atoms with E-state index in [0.29, 0.717) is 16.2 Å². The van der Waals surface area contributed by atoms with Crippen LogP contribution in [0.3, 0.4) is 0 Å². The maximum absolute atomic E-state index is 13.8. The molecule has 2 heterocycles. The number of ether oxygens (including phenoxy) is 2. The zero-order valence-corrected chi connectivity index (χ0v) is 18.1. The van der Waals surface area contributed by atoms with Crippen molar-refractivity contribution in [3.05, 3.63) is 78.3 Å². The summed E-state index contributed by atoms with van der Waals surface area (Å²) < 4.78 is 57.1. The molecule has 1 aliphatic heterocycles. The lowest BCUT2D eigenvalue weighted by Crippen LogP contribution is -2.51. The Morgan fingerprint density at radius 1 is 1.06 bits per heavy atom. The number of fused-ring (bicyclic) bond motifs is 1. The van der Waals surface area contributed by atoms with E-state index in [1.807, 2.05) is 6.07 Å². The number of halogens is 3. The minimum atomic E-state index is -4.91. The zero-order valence-electron chi connectivity index (χ0n) is 18.1. The summed E-state index contributed by atoms with van der Waals surface area (Å²) in [6.07, 6.45) is -4.68. The predicted octanol–water partition coefficient (Wildman–Crippen LogP) is 4.32. The highest BCUT2D eigenvalue weighted by Gasteiger charge is 2.49. The molecule has 1 aliphatic rings. The summed E-state index contributed by atoms with van der Waals surface area (Å²) in [6.45, 7) is -1.05. The minimum Gasteiger partial charge on any atom is -0.489 e. The van der Waals surface area contributed by atoms with Gasteiger partial charge in [0.25, 0.3) is 5.91 Å². The number of carbonyl (C=O) groups excluding carboxylic acids is 3. The molecule has 4 rings (SSSR count). The van der Waals surface area contributed by atoms with E-state index in [1.54, 1.807) is 24.3 Å². The van der Waals surface area contributed by atoms with Crippen molar-refractivity contribution in [3.63, 3.8) is 0 Å². The Morgan fingerprint density at radius 3 is 2.51 bits per heavy atom. The maximum Gasteiger partial charge on any atom is 0.409 e. The highest BCUT2D eigenvalue weighted by Crippen LogP contribution is 2.37. The maximum atomic E-state index is 13.8. The van der Waals surface area contributed by atoms with E-state index in [-0.39, 0.29) is 23.7 Å². The average molecular weight is 488 g/mol. The first-order valence-corrected chi connectivity index (χ1v) is 10.4. The first-order chi connectivity index (χ1) is 16.7. The van der Waals surface area contributed by atoms with Gasteiger partial charge in [-0.1, -0.05) is 30.3 Å². The monoisotopic (exact) mass is 488 g/mol. The van der Waals surface area contributed by atoms with Crippen LogP contribution in [0.5, 0.6) is 5.75 Å². The summed E-state index contributed by atoms with van der Waals surface area (Å²) in [4.78, 5) is 37.9. The van der Waals surface area contributed by atoms with Crippen molar-refractivity contribution in [1.29, 1.82) is 0 Å². The van der Waals surface area contributed by atoms with Crippen molar-refractivity contribution in [2.45, 2.75) is 25.2 Å². The Hall–Kier alpha value is -4.28. The van der Waals surface area contributed by atoms with E-state index in [1.165, 1.54) is 36.6 Å². The summed E-state index contributed by atoms with van der Waals surface area (Å²) in [5.41, 5.74) is 0.210. The zero-order chi connectivity index (χ0) is 25.0. The van der Waals surface area contributed by atoms with Crippen LogP contribution in [0.4, 0.5) is 24.5 Å². The first-order valence-electron chi connectivity index (χ1n) is 10.4. The van der Waals surface area contributed by atoms with Gasteiger partial charge >= 0.3 is 12.1 Å². The number of hydrogen-bond acceptors (Lipinski definition) is 6. The second kappa shape index (κ2) is 9.92. The van der Waals surface area contributed by atoms with Gasteiger partial charge < -0.3 is 19.2 Å². The van der Waals surface area contributed by atoms with E-state index in [0.717, 1.165) is 0 Å². The van der Waals surface area contributed by atoms with Crippen molar-refractivity contribution < 1.29 is 41.4 Å². The minimum absolute atomic E-state index is 0.0373. The van der Waals surface area contributed by atoms with Crippen LogP contribution in [-0.2, 0) is 20.9 Å². The Labute approximate surface area is 197 Å². The van der Waals surface area contributed by atoms with Gasteiger partial charge in [-0.15, -0.1) is 0 Å². The summed E-state index contributed by atoms with van der Waals surface area (Å²) >= 11 is 0. The van der Waals surface area contributed by atoms with Crippen LogP contribution in [0, 0.1) is 0 Å². The van der Waals surface area contributed by atoms with E-state index in [2.05, 4.69) is 5.32 Å². The van der Waals surface area contributed by atoms with Crippen LogP contribution < -0.4 is 15.0 Å². The second-order valence-electron chi connectivity index (χ2n) is 7.54. The lowest BCUT2D eigenvalue weighted by Gasteiger charge is -2.31. The Kier molecular flexibility index (Phi) is 6.76. The highest BCUT2D eigenvalue weighted by molar-refractivity contribution is 6.05. The van der Waals surface area contributed by atoms with Gasteiger partial charge in [0.05, 0.1) is 24.1 Å². The molecule has 0 bridgehead atoms. The molecule has 182 valence electrons. The first kappa shape index (κ1) is 23.9. The number of furan rings is 1. The number of para-hydroxylation sites is 3. The molecule has 1 aromatic heterocycles. The molecular formula is C24H19F3N2O6. The topological polar surface area (TPSA) is 98.1 Å². The van der Waals surface area contributed by atoms with E-state index in [4.69, 9.17) is 13.9 Å². The third-order valence-electron chi connectivity index (χ3n) is 5.17. The molecule has 1 N–H and O–H groups in total. The Balaban J connectivity index is 1.49. The van der Waals surface area contributed by atoms with Gasteiger partial charge in [-0.25, -0.2) is 4.79 Å². The largest absolute Gasteiger partial charge is 0.489 e. The number of benzene rings is 2. The van der Waals surface area contributed by atoms with E-state index < -0.39 is 43.0 Å². The van der Waals surface area contributed by atoms with Gasteiger partial charge in [0.1, 0.15) is 18.4 Å². The summed E-state index contributed by atoms with van der Waals surface area (Å²) in [5, 5.41) is 2.36. The quantitative estimate of drug-likeness (QED) is 0.519. The third-order valence-corrected chi connectivity index (χ3v) is 5.17. The molecule has 0 saturated carbocycles. The van der Waals surface area contributed by atoms with E-state index in [9.17, 15) is 27.6 Å². The van der Waals surface area contributed by atoms with Crippen LogP contribution >= 0.6 is 0 Å². The number of alkyl halides is 3. The average Bonchev–Trinajstić information content (AvgIpc) is 3.24. The van der Waals surface area contributed by atoms with Crippen molar-refractivity contribution in [3.8, 4) is 5.75 Å². The van der Waals surface area contributed by atoms with Crippen LogP contribution in [0.1, 0.15) is 22.5 Å². The van der Waals surface area contributed by atoms with Crippen molar-refractivity contribution in [2.24, 2.45) is 0 Å². The summed E-state index contributed by atoms with van der Waals surface area (Å²) in [6, 6.07) is 13.4.